The summed E-state index contributed by atoms with van der Waals surface area (Å²) in [5.74, 6) is -0.188. The molecule has 0 aromatic carbocycles. The van der Waals surface area contributed by atoms with Crippen LogP contribution in [0.4, 0.5) is 0 Å². The Labute approximate surface area is 311 Å². The van der Waals surface area contributed by atoms with E-state index in [1.54, 1.807) is 6.08 Å². The number of carbonyl (C=O) groups excluding carboxylic acids is 1. The molecule has 0 bridgehead atoms. The number of amides is 1. The van der Waals surface area contributed by atoms with Gasteiger partial charge >= 0.3 is 0 Å². The minimum Gasteiger partial charge on any atom is -0.394 e. The summed E-state index contributed by atoms with van der Waals surface area (Å²) in [5, 5.41) is 54.0. The zero-order valence-electron chi connectivity index (χ0n) is 32.6. The number of allylic oxidation sites excluding steroid dienone is 3. The molecule has 1 aliphatic rings. The number of rotatable bonds is 34. The Morgan fingerprint density at radius 1 is 0.647 bits per heavy atom. The molecule has 7 atom stereocenters. The largest absolute Gasteiger partial charge is 0.394 e. The zero-order chi connectivity index (χ0) is 37.4. The summed E-state index contributed by atoms with van der Waals surface area (Å²) in [7, 11) is 0. The van der Waals surface area contributed by atoms with Gasteiger partial charge in [-0.05, 0) is 32.1 Å². The minimum absolute atomic E-state index is 0.188. The number of ether oxygens (including phenoxy) is 2. The molecule has 1 amide bonds. The van der Waals surface area contributed by atoms with E-state index in [1.807, 2.05) is 6.08 Å². The summed E-state index contributed by atoms with van der Waals surface area (Å²) < 4.78 is 11.2. The van der Waals surface area contributed by atoms with Crippen molar-refractivity contribution < 1.29 is 39.8 Å². The van der Waals surface area contributed by atoms with Gasteiger partial charge in [0.15, 0.2) is 6.29 Å². The summed E-state index contributed by atoms with van der Waals surface area (Å²) in [6.45, 7) is 3.74. The Balaban J connectivity index is 2.44. The van der Waals surface area contributed by atoms with E-state index in [0.29, 0.717) is 6.42 Å². The topological polar surface area (TPSA) is 149 Å². The molecule has 9 nitrogen and oxygen atoms in total. The Morgan fingerprint density at radius 3 is 1.65 bits per heavy atom. The van der Waals surface area contributed by atoms with Gasteiger partial charge in [-0.1, -0.05) is 167 Å². The predicted octanol–water partition coefficient (Wildman–Crippen LogP) is 7.94. The van der Waals surface area contributed by atoms with Gasteiger partial charge in [-0.2, -0.15) is 0 Å². The molecule has 1 heterocycles. The first-order valence-corrected chi connectivity index (χ1v) is 21.1. The molecule has 0 saturated carbocycles. The van der Waals surface area contributed by atoms with Crippen LogP contribution in [0, 0.1) is 0 Å². The third-order valence-electron chi connectivity index (χ3n) is 10.0. The van der Waals surface area contributed by atoms with E-state index in [-0.39, 0.29) is 12.5 Å². The maximum Gasteiger partial charge on any atom is 0.220 e. The lowest BCUT2D eigenvalue weighted by Gasteiger charge is -2.40. The average molecular weight is 726 g/mol. The Morgan fingerprint density at radius 2 is 1.12 bits per heavy atom. The maximum absolute atomic E-state index is 12.9. The van der Waals surface area contributed by atoms with E-state index in [4.69, 9.17) is 9.47 Å². The highest BCUT2D eigenvalue weighted by atomic mass is 16.7. The van der Waals surface area contributed by atoms with E-state index in [1.165, 1.54) is 122 Å². The molecule has 1 fully saturated rings. The number of unbranched alkanes of at least 4 members (excludes halogenated alkanes) is 22. The van der Waals surface area contributed by atoms with Gasteiger partial charge in [0.05, 0.1) is 25.4 Å². The van der Waals surface area contributed by atoms with Gasteiger partial charge in [0.25, 0.3) is 0 Å². The maximum atomic E-state index is 12.9. The van der Waals surface area contributed by atoms with Crippen molar-refractivity contribution >= 4 is 5.91 Å². The molecule has 1 aliphatic heterocycles. The lowest BCUT2D eigenvalue weighted by molar-refractivity contribution is -0.302. The Bertz CT molecular complexity index is 853. The molecule has 9 heteroatoms. The fourth-order valence-corrected chi connectivity index (χ4v) is 6.58. The summed E-state index contributed by atoms with van der Waals surface area (Å²) >= 11 is 0. The minimum atomic E-state index is -1.57. The van der Waals surface area contributed by atoms with Crippen LogP contribution in [0.2, 0.25) is 0 Å². The third kappa shape index (κ3) is 24.6. The van der Waals surface area contributed by atoms with Gasteiger partial charge in [-0.3, -0.25) is 4.79 Å². The number of nitrogens with one attached hydrogen (secondary N) is 1. The molecule has 2 unspecified atom stereocenters. The van der Waals surface area contributed by atoms with Crippen molar-refractivity contribution in [2.75, 3.05) is 13.2 Å². The van der Waals surface area contributed by atoms with Crippen LogP contribution in [0.15, 0.2) is 24.3 Å². The average Bonchev–Trinajstić information content (AvgIpc) is 3.13. The number of hydrogen-bond donors (Lipinski definition) is 6. The van der Waals surface area contributed by atoms with E-state index in [9.17, 15) is 30.3 Å². The number of carbonyl (C=O) groups is 1. The molecule has 6 N–H and O–H groups in total. The van der Waals surface area contributed by atoms with Crippen molar-refractivity contribution in [1.82, 2.24) is 5.32 Å². The molecule has 0 aromatic rings. The van der Waals surface area contributed by atoms with Gasteiger partial charge in [0.1, 0.15) is 24.4 Å². The molecular formula is C42H79NO8. The summed E-state index contributed by atoms with van der Waals surface area (Å²) in [5.41, 5.74) is 0. The summed E-state index contributed by atoms with van der Waals surface area (Å²) in [6, 6.07) is -0.815. The molecule has 0 radical (unpaired) electrons. The summed E-state index contributed by atoms with van der Waals surface area (Å²) in [4.78, 5) is 12.9. The van der Waals surface area contributed by atoms with E-state index in [0.717, 1.165) is 38.5 Å². The first-order valence-electron chi connectivity index (χ1n) is 21.1. The number of hydrogen-bond acceptors (Lipinski definition) is 8. The second-order valence-electron chi connectivity index (χ2n) is 14.8. The van der Waals surface area contributed by atoms with Crippen LogP contribution in [0.1, 0.15) is 181 Å². The highest BCUT2D eigenvalue weighted by molar-refractivity contribution is 5.76. The molecule has 51 heavy (non-hydrogen) atoms. The lowest BCUT2D eigenvalue weighted by atomic mass is 9.99. The van der Waals surface area contributed by atoms with E-state index in [2.05, 4.69) is 31.3 Å². The van der Waals surface area contributed by atoms with Crippen molar-refractivity contribution in [1.29, 1.82) is 0 Å². The van der Waals surface area contributed by atoms with E-state index >= 15 is 0 Å². The van der Waals surface area contributed by atoms with Crippen LogP contribution < -0.4 is 5.32 Å². The van der Waals surface area contributed by atoms with Gasteiger partial charge in [-0.25, -0.2) is 0 Å². The van der Waals surface area contributed by atoms with Crippen LogP contribution in [-0.2, 0) is 14.3 Å². The molecule has 0 aromatic heterocycles. The van der Waals surface area contributed by atoms with Gasteiger partial charge in [-0.15, -0.1) is 0 Å². The van der Waals surface area contributed by atoms with Crippen molar-refractivity contribution in [3.05, 3.63) is 24.3 Å². The van der Waals surface area contributed by atoms with Crippen molar-refractivity contribution in [2.24, 2.45) is 0 Å². The second kappa shape index (κ2) is 33.3. The van der Waals surface area contributed by atoms with Crippen LogP contribution in [-0.4, -0.2) is 87.5 Å². The molecule has 300 valence electrons. The molecule has 1 saturated heterocycles. The molecule has 1 rings (SSSR count). The standard InChI is InChI=1S/C42H79NO8/c1-3-5-7-9-11-13-15-17-18-20-21-23-25-27-29-31-36(45)35(34-50-42-41(49)40(48)39(47)37(33-44)51-42)43-38(46)32-30-28-26-24-22-19-16-14-12-10-8-6-4-2/h21,23,29,31,35-37,39-42,44-45,47-49H,3-20,22,24-28,30,32-34H2,1-2H3,(H,43,46)/b23-21+,31-29+/t35-,36+,37+,39+,40?,41?,42+/m0/s1. The smallest absolute Gasteiger partial charge is 0.220 e. The Kier molecular flexibility index (Phi) is 31.1. The highest BCUT2D eigenvalue weighted by Gasteiger charge is 2.44. The normalized spacial score (nSPS) is 22.2. The van der Waals surface area contributed by atoms with Crippen LogP contribution in [0.3, 0.4) is 0 Å². The monoisotopic (exact) mass is 726 g/mol. The zero-order valence-corrected chi connectivity index (χ0v) is 32.6. The van der Waals surface area contributed by atoms with Crippen LogP contribution in [0.5, 0.6) is 0 Å². The van der Waals surface area contributed by atoms with Gasteiger partial charge in [0.2, 0.25) is 5.91 Å². The van der Waals surface area contributed by atoms with Gasteiger partial charge < -0.3 is 40.3 Å². The number of aliphatic hydroxyl groups is 5. The second-order valence-corrected chi connectivity index (χ2v) is 14.8. The lowest BCUT2D eigenvalue weighted by Crippen LogP contribution is -2.60. The third-order valence-corrected chi connectivity index (χ3v) is 10.0. The predicted molar refractivity (Wildman–Crippen MR) is 207 cm³/mol. The Hall–Kier alpha value is -1.33. The molecule has 0 aliphatic carbocycles. The first kappa shape index (κ1) is 47.7. The first-order chi connectivity index (χ1) is 24.8. The van der Waals surface area contributed by atoms with Crippen molar-refractivity contribution in [3.8, 4) is 0 Å². The number of aliphatic hydroxyl groups excluding tert-OH is 5. The van der Waals surface area contributed by atoms with Crippen molar-refractivity contribution in [2.45, 2.75) is 224 Å². The fraction of sp³-hybridized carbons (Fsp3) is 0.881. The SMILES string of the molecule is CCCCCCCCCCC/C=C/CC/C=C/[C@@H](O)[C@H](CO[C@@H]1O[C@H](CO)[C@@H](O)C(O)C1O)NC(=O)CCCCCCCCCCCCCCC. The highest BCUT2D eigenvalue weighted by Crippen LogP contribution is 2.22. The van der Waals surface area contributed by atoms with Crippen molar-refractivity contribution in [3.63, 3.8) is 0 Å². The fourth-order valence-electron chi connectivity index (χ4n) is 6.58. The summed E-state index contributed by atoms with van der Waals surface area (Å²) in [6.07, 6.45) is 30.7. The van der Waals surface area contributed by atoms with Gasteiger partial charge in [0, 0.05) is 6.42 Å². The molecule has 0 spiro atoms. The quantitative estimate of drug-likeness (QED) is 0.0289. The van der Waals surface area contributed by atoms with Crippen LogP contribution >= 0.6 is 0 Å². The molecular weight excluding hydrogens is 646 g/mol. The van der Waals surface area contributed by atoms with Crippen LogP contribution in [0.25, 0.3) is 0 Å². The van der Waals surface area contributed by atoms with E-state index < -0.39 is 49.5 Å².